The fourth-order valence-corrected chi connectivity index (χ4v) is 2.11. The molecule has 0 amide bonds. The van der Waals surface area contributed by atoms with Gasteiger partial charge in [0.25, 0.3) is 5.69 Å². The van der Waals surface area contributed by atoms with Gasteiger partial charge < -0.3 is 15.4 Å². The second-order valence-corrected chi connectivity index (χ2v) is 4.62. The van der Waals surface area contributed by atoms with Gasteiger partial charge in [0, 0.05) is 36.5 Å². The molecule has 0 saturated heterocycles. The van der Waals surface area contributed by atoms with Crippen LogP contribution in [0.25, 0.3) is 5.69 Å². The molecule has 0 spiro atoms. The Kier molecular flexibility index (Phi) is 4.34. The summed E-state index contributed by atoms with van der Waals surface area (Å²) in [6.45, 7) is 0. The highest BCUT2D eigenvalue weighted by atomic mass is 16.6. The van der Waals surface area contributed by atoms with Crippen LogP contribution in [0.5, 0.6) is 0 Å². The lowest BCUT2D eigenvalue weighted by molar-refractivity contribution is -0.384. The van der Waals surface area contributed by atoms with Crippen molar-refractivity contribution in [1.29, 1.82) is 0 Å². The minimum Gasteiger partial charge on any atom is -0.481 e. The normalized spacial score (nSPS) is 12.0. The minimum absolute atomic E-state index is 0.00810. The van der Waals surface area contributed by atoms with E-state index < -0.39 is 16.9 Å². The van der Waals surface area contributed by atoms with Gasteiger partial charge in [-0.15, -0.1) is 0 Å². The van der Waals surface area contributed by atoms with E-state index in [1.54, 1.807) is 35.0 Å². The van der Waals surface area contributed by atoms with Crippen molar-refractivity contribution >= 4 is 11.7 Å². The SMILES string of the molecule is N[C@@H](CCC(=O)O)c1cccn1-c1cccc([N+](=O)[O-])c1. The Morgan fingerprint density at radius 3 is 2.81 bits per heavy atom. The maximum absolute atomic E-state index is 10.8. The zero-order valence-electron chi connectivity index (χ0n) is 11.2. The van der Waals surface area contributed by atoms with E-state index in [4.69, 9.17) is 10.8 Å². The van der Waals surface area contributed by atoms with Gasteiger partial charge in [-0.05, 0) is 24.6 Å². The van der Waals surface area contributed by atoms with Gasteiger partial charge in [0.15, 0.2) is 0 Å². The summed E-state index contributed by atoms with van der Waals surface area (Å²) >= 11 is 0. The molecule has 0 aliphatic rings. The summed E-state index contributed by atoms with van der Waals surface area (Å²) in [5.41, 5.74) is 7.34. The summed E-state index contributed by atoms with van der Waals surface area (Å²) in [6.07, 6.45) is 2.02. The number of nitro benzene ring substituents is 1. The molecule has 1 aromatic carbocycles. The van der Waals surface area contributed by atoms with E-state index in [2.05, 4.69) is 0 Å². The number of carbonyl (C=O) groups is 1. The maximum atomic E-state index is 10.8. The first kappa shape index (κ1) is 14.7. The van der Waals surface area contributed by atoms with Gasteiger partial charge in [0.2, 0.25) is 0 Å². The van der Waals surface area contributed by atoms with Gasteiger partial charge in [0.1, 0.15) is 0 Å². The third-order valence-corrected chi connectivity index (χ3v) is 3.15. The standard InChI is InChI=1S/C14H15N3O4/c15-12(6-7-14(18)19)13-5-2-8-16(13)10-3-1-4-11(9-10)17(20)21/h1-5,8-9,12H,6-7,15H2,(H,18,19)/t12-/m0/s1. The number of nitro groups is 1. The summed E-state index contributed by atoms with van der Waals surface area (Å²) < 4.78 is 1.74. The molecule has 2 aromatic rings. The highest BCUT2D eigenvalue weighted by Gasteiger charge is 2.14. The van der Waals surface area contributed by atoms with Crippen LogP contribution in [-0.4, -0.2) is 20.6 Å². The summed E-state index contributed by atoms with van der Waals surface area (Å²) in [5.74, 6) is -0.904. The van der Waals surface area contributed by atoms with Crippen LogP contribution in [-0.2, 0) is 4.79 Å². The monoisotopic (exact) mass is 289 g/mol. The smallest absolute Gasteiger partial charge is 0.303 e. The molecule has 1 aromatic heterocycles. The molecule has 0 bridgehead atoms. The highest BCUT2D eigenvalue weighted by molar-refractivity contribution is 5.66. The number of nitrogens with two attached hydrogens (primary N) is 1. The lowest BCUT2D eigenvalue weighted by Crippen LogP contribution is -2.16. The van der Waals surface area contributed by atoms with Gasteiger partial charge in [-0.3, -0.25) is 14.9 Å². The molecule has 1 atom stereocenters. The van der Waals surface area contributed by atoms with Crippen LogP contribution >= 0.6 is 0 Å². The molecule has 7 heteroatoms. The van der Waals surface area contributed by atoms with Crippen molar-refractivity contribution in [3.63, 3.8) is 0 Å². The Balaban J connectivity index is 2.29. The maximum Gasteiger partial charge on any atom is 0.303 e. The van der Waals surface area contributed by atoms with Crippen molar-refractivity contribution in [2.45, 2.75) is 18.9 Å². The van der Waals surface area contributed by atoms with Crippen molar-refractivity contribution < 1.29 is 14.8 Å². The Bertz CT molecular complexity index is 666. The third-order valence-electron chi connectivity index (χ3n) is 3.15. The number of rotatable bonds is 6. The van der Waals surface area contributed by atoms with E-state index >= 15 is 0 Å². The lowest BCUT2D eigenvalue weighted by Gasteiger charge is -2.15. The number of hydrogen-bond acceptors (Lipinski definition) is 4. The zero-order valence-corrected chi connectivity index (χ0v) is 11.2. The Hall–Kier alpha value is -2.67. The first-order chi connectivity index (χ1) is 9.99. The molecule has 0 unspecified atom stereocenters. The van der Waals surface area contributed by atoms with Gasteiger partial charge in [-0.2, -0.15) is 0 Å². The molecule has 0 saturated carbocycles. The third kappa shape index (κ3) is 3.46. The van der Waals surface area contributed by atoms with E-state index in [9.17, 15) is 14.9 Å². The average molecular weight is 289 g/mol. The fraction of sp³-hybridized carbons (Fsp3) is 0.214. The second-order valence-electron chi connectivity index (χ2n) is 4.62. The number of aliphatic carboxylic acids is 1. The van der Waals surface area contributed by atoms with Crippen LogP contribution in [0.4, 0.5) is 5.69 Å². The molecule has 21 heavy (non-hydrogen) atoms. The molecule has 2 rings (SSSR count). The predicted octanol–water partition coefficient (Wildman–Crippen LogP) is 2.25. The first-order valence-electron chi connectivity index (χ1n) is 6.38. The van der Waals surface area contributed by atoms with Crippen molar-refractivity contribution in [2.24, 2.45) is 5.73 Å². The Morgan fingerprint density at radius 1 is 1.38 bits per heavy atom. The van der Waals surface area contributed by atoms with E-state index in [1.165, 1.54) is 12.1 Å². The summed E-state index contributed by atoms with van der Waals surface area (Å²) in [5, 5.41) is 19.5. The van der Waals surface area contributed by atoms with E-state index in [0.717, 1.165) is 5.69 Å². The molecule has 0 aliphatic carbocycles. The Morgan fingerprint density at radius 2 is 2.14 bits per heavy atom. The van der Waals surface area contributed by atoms with Gasteiger partial charge in [-0.1, -0.05) is 6.07 Å². The zero-order chi connectivity index (χ0) is 15.4. The summed E-state index contributed by atoms with van der Waals surface area (Å²) in [4.78, 5) is 21.0. The lowest BCUT2D eigenvalue weighted by atomic mass is 10.1. The molecule has 0 fully saturated rings. The van der Waals surface area contributed by atoms with E-state index in [0.29, 0.717) is 12.1 Å². The summed E-state index contributed by atoms with van der Waals surface area (Å²) in [6, 6.07) is 9.31. The topological polar surface area (TPSA) is 111 Å². The largest absolute Gasteiger partial charge is 0.481 e. The minimum atomic E-state index is -0.904. The quantitative estimate of drug-likeness (QED) is 0.625. The number of aromatic nitrogens is 1. The highest BCUT2D eigenvalue weighted by Crippen LogP contribution is 2.23. The Labute approximate surface area is 120 Å². The number of non-ortho nitro benzene ring substituents is 1. The van der Waals surface area contributed by atoms with Crippen molar-refractivity contribution in [3.05, 3.63) is 58.4 Å². The van der Waals surface area contributed by atoms with E-state index in [1.807, 2.05) is 0 Å². The van der Waals surface area contributed by atoms with Crippen LogP contribution in [0, 0.1) is 10.1 Å². The van der Waals surface area contributed by atoms with Crippen molar-refractivity contribution in [2.75, 3.05) is 0 Å². The van der Waals surface area contributed by atoms with Crippen LogP contribution < -0.4 is 5.73 Å². The van der Waals surface area contributed by atoms with Gasteiger partial charge >= 0.3 is 5.97 Å². The predicted molar refractivity (Wildman–Crippen MR) is 76.2 cm³/mol. The van der Waals surface area contributed by atoms with Crippen LogP contribution in [0.2, 0.25) is 0 Å². The number of carboxylic acid groups (broad SMARTS) is 1. The molecular weight excluding hydrogens is 274 g/mol. The van der Waals surface area contributed by atoms with Crippen molar-refractivity contribution in [1.82, 2.24) is 4.57 Å². The molecular formula is C14H15N3O4. The first-order valence-corrected chi connectivity index (χ1v) is 6.38. The summed E-state index contributed by atoms with van der Waals surface area (Å²) in [7, 11) is 0. The molecule has 1 heterocycles. The molecule has 7 nitrogen and oxygen atoms in total. The van der Waals surface area contributed by atoms with Crippen LogP contribution in [0.3, 0.4) is 0 Å². The number of benzene rings is 1. The van der Waals surface area contributed by atoms with E-state index in [-0.39, 0.29) is 12.1 Å². The van der Waals surface area contributed by atoms with Crippen LogP contribution in [0.15, 0.2) is 42.6 Å². The molecule has 0 aliphatic heterocycles. The number of nitrogens with zero attached hydrogens (tertiary/aromatic N) is 2. The van der Waals surface area contributed by atoms with Crippen LogP contribution in [0.1, 0.15) is 24.6 Å². The number of carboxylic acids is 1. The number of hydrogen-bond donors (Lipinski definition) is 2. The molecule has 3 N–H and O–H groups in total. The molecule has 110 valence electrons. The van der Waals surface area contributed by atoms with Gasteiger partial charge in [0.05, 0.1) is 10.6 Å². The second kappa shape index (κ2) is 6.19. The fourth-order valence-electron chi connectivity index (χ4n) is 2.11. The molecule has 0 radical (unpaired) electrons. The van der Waals surface area contributed by atoms with Crippen molar-refractivity contribution in [3.8, 4) is 5.69 Å². The average Bonchev–Trinajstić information content (AvgIpc) is 2.94. The van der Waals surface area contributed by atoms with Gasteiger partial charge in [-0.25, -0.2) is 0 Å².